The Labute approximate surface area is 123 Å². The molecule has 0 aliphatic rings. The fourth-order valence-corrected chi connectivity index (χ4v) is 2.92. The van der Waals surface area contributed by atoms with Gasteiger partial charge in [-0.15, -0.1) is 0 Å². The van der Waals surface area contributed by atoms with Gasteiger partial charge in [0.1, 0.15) is 5.75 Å². The Kier molecular flexibility index (Phi) is 6.50. The minimum atomic E-state index is -0.789. The smallest absolute Gasteiger partial charge is 0.119 e. The number of rotatable bonds is 8. The lowest BCUT2D eigenvalue weighted by Crippen LogP contribution is -2.40. The van der Waals surface area contributed by atoms with E-state index in [4.69, 9.17) is 4.74 Å². The van der Waals surface area contributed by atoms with Crippen LogP contribution in [0.1, 0.15) is 38.7 Å². The first-order chi connectivity index (χ1) is 9.47. The van der Waals surface area contributed by atoms with Crippen LogP contribution in [0.3, 0.4) is 0 Å². The largest absolute Gasteiger partial charge is 0.497 e. The van der Waals surface area contributed by atoms with Gasteiger partial charge in [0.15, 0.2) is 0 Å². The molecule has 0 radical (unpaired) electrons. The van der Waals surface area contributed by atoms with Crippen LogP contribution >= 0.6 is 0 Å². The van der Waals surface area contributed by atoms with Crippen LogP contribution in [0.15, 0.2) is 24.3 Å². The number of benzene rings is 1. The molecule has 1 aromatic rings. The van der Waals surface area contributed by atoms with E-state index in [1.807, 2.05) is 24.3 Å². The molecule has 0 aromatic heterocycles. The molecule has 20 heavy (non-hydrogen) atoms. The molecule has 0 aliphatic heterocycles. The molecule has 114 valence electrons. The summed E-state index contributed by atoms with van der Waals surface area (Å²) in [5.41, 5.74) is 0.176. The highest BCUT2D eigenvalue weighted by molar-refractivity contribution is 5.33. The standard InChI is InChI=1S/C17H29NO2/c1-6-11-17(19,14(7-2)13-18(3)4)15-9-8-10-16(12-15)20-5/h8-10,12,14,19H,6-7,11,13H2,1-5H3. The van der Waals surface area contributed by atoms with Crippen molar-refractivity contribution < 1.29 is 9.84 Å². The van der Waals surface area contributed by atoms with Crippen molar-refractivity contribution in [1.82, 2.24) is 4.90 Å². The fourth-order valence-electron chi connectivity index (χ4n) is 2.92. The third kappa shape index (κ3) is 3.97. The first-order valence-corrected chi connectivity index (χ1v) is 7.49. The Morgan fingerprint density at radius 3 is 2.50 bits per heavy atom. The third-order valence-electron chi connectivity index (χ3n) is 3.95. The molecular formula is C17H29NO2. The second-order valence-corrected chi connectivity index (χ2v) is 5.77. The maximum Gasteiger partial charge on any atom is 0.119 e. The molecule has 2 unspecified atom stereocenters. The predicted octanol–water partition coefficient (Wildman–Crippen LogP) is 3.27. The van der Waals surface area contributed by atoms with Crippen LogP contribution in [0.25, 0.3) is 0 Å². The van der Waals surface area contributed by atoms with Crippen molar-refractivity contribution in [2.75, 3.05) is 27.7 Å². The van der Waals surface area contributed by atoms with Gasteiger partial charge in [0.05, 0.1) is 12.7 Å². The van der Waals surface area contributed by atoms with Gasteiger partial charge in [-0.25, -0.2) is 0 Å². The minimum absolute atomic E-state index is 0.213. The van der Waals surface area contributed by atoms with Crippen molar-refractivity contribution in [2.24, 2.45) is 5.92 Å². The molecule has 0 amide bonds. The van der Waals surface area contributed by atoms with E-state index in [-0.39, 0.29) is 5.92 Å². The van der Waals surface area contributed by atoms with E-state index in [9.17, 15) is 5.11 Å². The highest BCUT2D eigenvalue weighted by Gasteiger charge is 2.37. The van der Waals surface area contributed by atoms with Gasteiger partial charge in [-0.1, -0.05) is 32.4 Å². The maximum absolute atomic E-state index is 11.3. The Balaban J connectivity index is 3.16. The molecule has 1 rings (SSSR count). The van der Waals surface area contributed by atoms with Crippen molar-refractivity contribution in [1.29, 1.82) is 0 Å². The lowest BCUT2D eigenvalue weighted by molar-refractivity contribution is -0.0428. The van der Waals surface area contributed by atoms with Crippen LogP contribution in [0.2, 0.25) is 0 Å². The van der Waals surface area contributed by atoms with Gasteiger partial charge < -0.3 is 14.7 Å². The fraction of sp³-hybridized carbons (Fsp3) is 0.647. The Morgan fingerprint density at radius 1 is 1.30 bits per heavy atom. The van der Waals surface area contributed by atoms with Gasteiger partial charge in [-0.2, -0.15) is 0 Å². The maximum atomic E-state index is 11.3. The van der Waals surface area contributed by atoms with Gasteiger partial charge in [0, 0.05) is 12.5 Å². The van der Waals surface area contributed by atoms with Crippen LogP contribution in [0.5, 0.6) is 5.75 Å². The van der Waals surface area contributed by atoms with E-state index in [0.29, 0.717) is 0 Å². The number of hydrogen-bond donors (Lipinski definition) is 1. The highest BCUT2D eigenvalue weighted by Crippen LogP contribution is 2.37. The van der Waals surface area contributed by atoms with Crippen molar-refractivity contribution in [2.45, 2.75) is 38.7 Å². The van der Waals surface area contributed by atoms with Gasteiger partial charge in [0.25, 0.3) is 0 Å². The van der Waals surface area contributed by atoms with Crippen molar-refractivity contribution >= 4 is 0 Å². The van der Waals surface area contributed by atoms with Crippen molar-refractivity contribution in [3.8, 4) is 5.75 Å². The van der Waals surface area contributed by atoms with E-state index in [1.165, 1.54) is 0 Å². The SMILES string of the molecule is CCCC(O)(c1cccc(OC)c1)C(CC)CN(C)C. The number of aliphatic hydroxyl groups is 1. The summed E-state index contributed by atoms with van der Waals surface area (Å²) in [7, 11) is 5.77. The average molecular weight is 279 g/mol. The van der Waals surface area contributed by atoms with E-state index >= 15 is 0 Å². The van der Waals surface area contributed by atoms with Crippen LogP contribution in [-0.4, -0.2) is 37.8 Å². The van der Waals surface area contributed by atoms with Crippen LogP contribution in [0, 0.1) is 5.92 Å². The molecule has 0 spiro atoms. The van der Waals surface area contributed by atoms with E-state index in [1.54, 1.807) is 7.11 Å². The molecular weight excluding hydrogens is 250 g/mol. The molecule has 3 nitrogen and oxygen atoms in total. The summed E-state index contributed by atoms with van der Waals surface area (Å²) in [6, 6.07) is 7.85. The Bertz CT molecular complexity index is 406. The van der Waals surface area contributed by atoms with Crippen molar-refractivity contribution in [3.05, 3.63) is 29.8 Å². The zero-order valence-electron chi connectivity index (χ0n) is 13.5. The van der Waals surface area contributed by atoms with Crippen LogP contribution in [0.4, 0.5) is 0 Å². The first-order valence-electron chi connectivity index (χ1n) is 7.49. The van der Waals surface area contributed by atoms with Gasteiger partial charge in [0.2, 0.25) is 0 Å². The molecule has 0 bridgehead atoms. The van der Waals surface area contributed by atoms with Gasteiger partial charge in [-0.3, -0.25) is 0 Å². The van der Waals surface area contributed by atoms with Gasteiger partial charge in [-0.05, 0) is 44.6 Å². The van der Waals surface area contributed by atoms with Crippen LogP contribution in [-0.2, 0) is 5.60 Å². The molecule has 0 saturated heterocycles. The second-order valence-electron chi connectivity index (χ2n) is 5.77. The summed E-state index contributed by atoms with van der Waals surface area (Å²) in [5.74, 6) is 1.02. The summed E-state index contributed by atoms with van der Waals surface area (Å²) in [4.78, 5) is 2.15. The quantitative estimate of drug-likeness (QED) is 0.792. The number of hydrogen-bond acceptors (Lipinski definition) is 3. The van der Waals surface area contributed by atoms with E-state index < -0.39 is 5.60 Å². The molecule has 2 atom stereocenters. The normalized spacial score (nSPS) is 15.9. The number of ether oxygens (including phenoxy) is 1. The van der Waals surface area contributed by atoms with Crippen LogP contribution < -0.4 is 4.74 Å². The molecule has 0 saturated carbocycles. The van der Waals surface area contributed by atoms with E-state index in [0.717, 1.165) is 37.1 Å². The predicted molar refractivity (Wildman–Crippen MR) is 84.1 cm³/mol. The minimum Gasteiger partial charge on any atom is -0.497 e. The zero-order valence-corrected chi connectivity index (χ0v) is 13.5. The molecule has 0 fully saturated rings. The zero-order chi connectivity index (χ0) is 15.2. The Hall–Kier alpha value is -1.06. The molecule has 1 N–H and O–H groups in total. The number of nitrogens with zero attached hydrogens (tertiary/aromatic N) is 1. The number of methoxy groups -OCH3 is 1. The topological polar surface area (TPSA) is 32.7 Å². The lowest BCUT2D eigenvalue weighted by atomic mass is 9.76. The monoisotopic (exact) mass is 279 g/mol. The molecule has 3 heteroatoms. The summed E-state index contributed by atoms with van der Waals surface area (Å²) in [6.45, 7) is 5.15. The van der Waals surface area contributed by atoms with E-state index in [2.05, 4.69) is 32.8 Å². The van der Waals surface area contributed by atoms with Gasteiger partial charge >= 0.3 is 0 Å². The average Bonchev–Trinajstić information content (AvgIpc) is 2.44. The Morgan fingerprint density at radius 2 is 2.00 bits per heavy atom. The summed E-state index contributed by atoms with van der Waals surface area (Å²) >= 11 is 0. The molecule has 0 aliphatic carbocycles. The highest BCUT2D eigenvalue weighted by atomic mass is 16.5. The lowest BCUT2D eigenvalue weighted by Gasteiger charge is -2.38. The second kappa shape index (κ2) is 7.65. The summed E-state index contributed by atoms with van der Waals surface area (Å²) in [5, 5.41) is 11.3. The summed E-state index contributed by atoms with van der Waals surface area (Å²) < 4.78 is 5.30. The molecule has 1 aromatic carbocycles. The van der Waals surface area contributed by atoms with Crippen molar-refractivity contribution in [3.63, 3.8) is 0 Å². The molecule has 0 heterocycles. The first kappa shape index (κ1) is 17.0. The summed E-state index contributed by atoms with van der Waals surface area (Å²) in [6.07, 6.45) is 2.68. The third-order valence-corrected chi connectivity index (χ3v) is 3.95.